The van der Waals surface area contributed by atoms with E-state index in [2.05, 4.69) is 16.0 Å². The van der Waals surface area contributed by atoms with Crippen LogP contribution in [-0.2, 0) is 4.79 Å². The molecule has 0 saturated carbocycles. The first-order valence-corrected chi connectivity index (χ1v) is 10.1. The fourth-order valence-electron chi connectivity index (χ4n) is 2.93. The molecule has 6 heteroatoms. The SMILES string of the molecule is Cc1nc(SCC(=O)N(CCC#N)c2ccc(C)c(C)c2)c2ccccc2n1. The van der Waals surface area contributed by atoms with Crippen LogP contribution >= 0.6 is 11.8 Å². The first-order chi connectivity index (χ1) is 13.5. The lowest BCUT2D eigenvalue weighted by Crippen LogP contribution is -2.33. The van der Waals surface area contributed by atoms with Crippen LogP contribution in [0.4, 0.5) is 5.69 Å². The van der Waals surface area contributed by atoms with Crippen molar-refractivity contribution >= 4 is 34.3 Å². The second-order valence-corrected chi connectivity index (χ2v) is 7.57. The topological polar surface area (TPSA) is 69.9 Å². The van der Waals surface area contributed by atoms with Crippen molar-refractivity contribution in [2.45, 2.75) is 32.2 Å². The van der Waals surface area contributed by atoms with E-state index < -0.39 is 0 Å². The van der Waals surface area contributed by atoms with Crippen LogP contribution in [0.15, 0.2) is 47.5 Å². The molecule has 0 spiro atoms. The number of para-hydroxylation sites is 1. The second kappa shape index (κ2) is 8.85. The van der Waals surface area contributed by atoms with E-state index in [4.69, 9.17) is 5.26 Å². The molecule has 0 N–H and O–H groups in total. The van der Waals surface area contributed by atoms with Crippen molar-refractivity contribution in [2.75, 3.05) is 17.2 Å². The second-order valence-electron chi connectivity index (χ2n) is 6.60. The number of nitrogens with zero attached hydrogens (tertiary/aromatic N) is 4. The summed E-state index contributed by atoms with van der Waals surface area (Å²) < 4.78 is 0. The number of carbonyl (C=O) groups excluding carboxylic acids is 1. The number of anilines is 1. The quantitative estimate of drug-likeness (QED) is 0.455. The molecule has 3 aromatic rings. The number of amides is 1. The monoisotopic (exact) mass is 390 g/mol. The Morgan fingerprint density at radius 1 is 1.11 bits per heavy atom. The molecular weight excluding hydrogens is 368 g/mol. The Morgan fingerprint density at radius 3 is 2.64 bits per heavy atom. The summed E-state index contributed by atoms with van der Waals surface area (Å²) in [6.07, 6.45) is 0.291. The molecule has 142 valence electrons. The van der Waals surface area contributed by atoms with Gasteiger partial charge in [0.25, 0.3) is 0 Å². The molecule has 2 aromatic carbocycles. The van der Waals surface area contributed by atoms with E-state index in [9.17, 15) is 4.79 Å². The largest absolute Gasteiger partial charge is 0.311 e. The number of hydrogen-bond donors (Lipinski definition) is 0. The molecule has 0 saturated heterocycles. The van der Waals surface area contributed by atoms with Crippen molar-refractivity contribution in [2.24, 2.45) is 0 Å². The van der Waals surface area contributed by atoms with Gasteiger partial charge < -0.3 is 4.90 Å². The molecule has 28 heavy (non-hydrogen) atoms. The van der Waals surface area contributed by atoms with Gasteiger partial charge in [0.1, 0.15) is 10.9 Å². The average Bonchev–Trinajstić information content (AvgIpc) is 2.68. The zero-order valence-corrected chi connectivity index (χ0v) is 17.1. The normalized spacial score (nSPS) is 10.6. The molecule has 0 bridgehead atoms. The van der Waals surface area contributed by atoms with E-state index in [-0.39, 0.29) is 11.7 Å². The summed E-state index contributed by atoms with van der Waals surface area (Å²) in [6, 6.07) is 15.9. The average molecular weight is 391 g/mol. The van der Waals surface area contributed by atoms with Gasteiger partial charge in [-0.05, 0) is 50.1 Å². The van der Waals surface area contributed by atoms with E-state index in [0.717, 1.165) is 27.2 Å². The van der Waals surface area contributed by atoms with Crippen LogP contribution in [0.25, 0.3) is 10.9 Å². The Kier molecular flexibility index (Phi) is 6.27. The zero-order chi connectivity index (χ0) is 20.1. The molecule has 0 aliphatic heterocycles. The summed E-state index contributed by atoms with van der Waals surface area (Å²) >= 11 is 1.41. The first-order valence-electron chi connectivity index (χ1n) is 9.10. The highest BCUT2D eigenvalue weighted by molar-refractivity contribution is 8.00. The van der Waals surface area contributed by atoms with Crippen LogP contribution in [0, 0.1) is 32.1 Å². The first kappa shape index (κ1) is 19.8. The molecule has 0 radical (unpaired) electrons. The molecule has 0 unspecified atom stereocenters. The predicted octanol–water partition coefficient (Wildman–Crippen LogP) is 4.59. The van der Waals surface area contributed by atoms with E-state index in [1.54, 1.807) is 4.90 Å². The minimum absolute atomic E-state index is 0.0381. The fourth-order valence-corrected chi connectivity index (χ4v) is 3.87. The fraction of sp³-hybridized carbons (Fsp3) is 0.273. The number of thioether (sulfide) groups is 1. The lowest BCUT2D eigenvalue weighted by atomic mass is 10.1. The molecule has 0 aliphatic rings. The highest BCUT2D eigenvalue weighted by atomic mass is 32.2. The number of rotatable bonds is 6. The summed E-state index contributed by atoms with van der Waals surface area (Å²) in [5.74, 6) is 0.895. The van der Waals surface area contributed by atoms with Crippen molar-refractivity contribution in [3.8, 4) is 6.07 Å². The maximum atomic E-state index is 13.0. The van der Waals surface area contributed by atoms with Crippen molar-refractivity contribution in [3.05, 3.63) is 59.4 Å². The highest BCUT2D eigenvalue weighted by Gasteiger charge is 2.17. The molecule has 0 fully saturated rings. The predicted molar refractivity (Wildman–Crippen MR) is 113 cm³/mol. The van der Waals surface area contributed by atoms with Gasteiger partial charge in [0.15, 0.2) is 0 Å². The lowest BCUT2D eigenvalue weighted by Gasteiger charge is -2.22. The van der Waals surface area contributed by atoms with Gasteiger partial charge in [0.05, 0.1) is 23.8 Å². The van der Waals surface area contributed by atoms with E-state index in [1.807, 2.05) is 63.2 Å². The van der Waals surface area contributed by atoms with Gasteiger partial charge in [0.2, 0.25) is 5.91 Å². The molecule has 1 heterocycles. The van der Waals surface area contributed by atoms with Crippen LogP contribution in [-0.4, -0.2) is 28.2 Å². The molecule has 0 atom stereocenters. The Morgan fingerprint density at radius 2 is 1.89 bits per heavy atom. The minimum atomic E-state index is -0.0381. The third-order valence-electron chi connectivity index (χ3n) is 4.56. The Bertz CT molecular complexity index is 1060. The molecule has 5 nitrogen and oxygen atoms in total. The van der Waals surface area contributed by atoms with Crippen molar-refractivity contribution in [1.82, 2.24) is 9.97 Å². The molecule has 0 aliphatic carbocycles. The van der Waals surface area contributed by atoms with Crippen LogP contribution in [0.2, 0.25) is 0 Å². The summed E-state index contributed by atoms with van der Waals surface area (Å²) in [7, 11) is 0. The Labute approximate surface area is 169 Å². The van der Waals surface area contributed by atoms with Gasteiger partial charge in [0, 0.05) is 17.6 Å². The number of fused-ring (bicyclic) bond motifs is 1. The van der Waals surface area contributed by atoms with Gasteiger partial charge >= 0.3 is 0 Å². The summed E-state index contributed by atoms with van der Waals surface area (Å²) in [4.78, 5) is 23.7. The van der Waals surface area contributed by atoms with E-state index >= 15 is 0 Å². The highest BCUT2D eigenvalue weighted by Crippen LogP contribution is 2.27. The summed E-state index contributed by atoms with van der Waals surface area (Å²) in [5.41, 5.74) is 4.00. The third kappa shape index (κ3) is 4.49. The number of hydrogen-bond acceptors (Lipinski definition) is 5. The van der Waals surface area contributed by atoms with Gasteiger partial charge in [-0.2, -0.15) is 5.26 Å². The Balaban J connectivity index is 1.83. The van der Waals surface area contributed by atoms with Crippen molar-refractivity contribution in [3.63, 3.8) is 0 Å². The molecular formula is C22H22N4OS. The number of carbonyl (C=O) groups is 1. The number of aromatic nitrogens is 2. The van der Waals surface area contributed by atoms with Crippen LogP contribution in [0.3, 0.4) is 0 Å². The lowest BCUT2D eigenvalue weighted by molar-refractivity contribution is -0.116. The maximum Gasteiger partial charge on any atom is 0.237 e. The molecule has 3 rings (SSSR count). The third-order valence-corrected chi connectivity index (χ3v) is 5.54. The number of nitriles is 1. The molecule has 1 aromatic heterocycles. The van der Waals surface area contributed by atoms with Crippen LogP contribution in [0.5, 0.6) is 0 Å². The summed E-state index contributed by atoms with van der Waals surface area (Å²) in [6.45, 7) is 6.30. The zero-order valence-electron chi connectivity index (χ0n) is 16.3. The standard InChI is InChI=1S/C22H22N4OS/c1-15-9-10-18(13-16(15)2)26(12-6-11-23)21(27)14-28-22-19-7-4-5-8-20(19)24-17(3)25-22/h4-5,7-10,13H,6,12,14H2,1-3H3. The number of benzene rings is 2. The van der Waals surface area contributed by atoms with Crippen molar-refractivity contribution in [1.29, 1.82) is 5.26 Å². The minimum Gasteiger partial charge on any atom is -0.311 e. The van der Waals surface area contributed by atoms with Gasteiger partial charge in [-0.25, -0.2) is 9.97 Å². The smallest absolute Gasteiger partial charge is 0.237 e. The van der Waals surface area contributed by atoms with Gasteiger partial charge in [-0.15, -0.1) is 0 Å². The van der Waals surface area contributed by atoms with Crippen molar-refractivity contribution < 1.29 is 4.79 Å². The maximum absolute atomic E-state index is 13.0. The van der Waals surface area contributed by atoms with E-state index in [1.165, 1.54) is 17.3 Å². The summed E-state index contributed by atoms with van der Waals surface area (Å²) in [5, 5.41) is 10.7. The molecule has 1 amide bonds. The van der Waals surface area contributed by atoms with Crippen LogP contribution in [0.1, 0.15) is 23.4 Å². The van der Waals surface area contributed by atoms with Gasteiger partial charge in [-0.1, -0.05) is 36.0 Å². The number of aryl methyl sites for hydroxylation is 3. The van der Waals surface area contributed by atoms with Gasteiger partial charge in [-0.3, -0.25) is 4.79 Å². The van der Waals surface area contributed by atoms with Crippen LogP contribution < -0.4 is 4.90 Å². The Hall–Kier alpha value is -2.91. The van der Waals surface area contributed by atoms with E-state index in [0.29, 0.717) is 18.8 Å².